The minimum Gasteiger partial charge on any atom is -0.340 e. The van der Waals surface area contributed by atoms with Gasteiger partial charge in [0.05, 0.1) is 26.6 Å². The minimum atomic E-state index is -0.355. The largest absolute Gasteiger partial charge is 0.340 e. The van der Waals surface area contributed by atoms with Gasteiger partial charge < -0.3 is 10.3 Å². The molecule has 0 aliphatic rings. The second kappa shape index (κ2) is 8.16. The number of carbonyl (C=O) groups excluding carboxylic acids is 1. The lowest BCUT2D eigenvalue weighted by Gasteiger charge is -2.16. The first-order chi connectivity index (χ1) is 13.2. The van der Waals surface area contributed by atoms with E-state index in [-0.39, 0.29) is 34.9 Å². The molecule has 4 nitrogen and oxygen atoms in total. The third-order valence-corrected chi connectivity index (χ3v) is 5.24. The molecular formula is C21H19Cl3N2O2. The van der Waals surface area contributed by atoms with Crippen molar-refractivity contribution in [1.29, 1.82) is 0 Å². The zero-order chi connectivity index (χ0) is 20.6. The van der Waals surface area contributed by atoms with Gasteiger partial charge in [-0.25, -0.2) is 0 Å². The second-order valence-electron chi connectivity index (χ2n) is 7.09. The van der Waals surface area contributed by atoms with Crippen molar-refractivity contribution in [1.82, 2.24) is 4.98 Å². The number of benzene rings is 2. The van der Waals surface area contributed by atoms with E-state index in [2.05, 4.69) is 10.3 Å². The third-order valence-electron chi connectivity index (χ3n) is 4.38. The fourth-order valence-electron chi connectivity index (χ4n) is 3.08. The van der Waals surface area contributed by atoms with Gasteiger partial charge in [0, 0.05) is 11.4 Å². The van der Waals surface area contributed by atoms with Crippen LogP contribution in [0.5, 0.6) is 0 Å². The highest BCUT2D eigenvalue weighted by Gasteiger charge is 2.22. The highest BCUT2D eigenvalue weighted by atomic mass is 35.5. The SMILES string of the molecule is Cc1ccc(Cl)c2[nH]c(Nc3ccc(Cl)cc3Cl)c(C(=O)CC(C)C)c(=O)c12. The molecule has 2 aromatic carbocycles. The van der Waals surface area contributed by atoms with Crippen LogP contribution in [0.25, 0.3) is 10.9 Å². The van der Waals surface area contributed by atoms with Crippen LogP contribution in [0, 0.1) is 12.8 Å². The Hall–Kier alpha value is -2.01. The highest BCUT2D eigenvalue weighted by Crippen LogP contribution is 2.31. The number of H-pyrrole nitrogens is 1. The van der Waals surface area contributed by atoms with E-state index in [4.69, 9.17) is 34.8 Å². The average Bonchev–Trinajstić information content (AvgIpc) is 2.59. The van der Waals surface area contributed by atoms with Gasteiger partial charge in [0.2, 0.25) is 5.43 Å². The number of halogens is 3. The molecule has 1 heterocycles. The van der Waals surface area contributed by atoms with E-state index in [0.717, 1.165) is 5.56 Å². The fourth-order valence-corrected chi connectivity index (χ4v) is 3.74. The predicted molar refractivity (Wildman–Crippen MR) is 118 cm³/mol. The Morgan fingerprint density at radius 1 is 1.11 bits per heavy atom. The lowest BCUT2D eigenvalue weighted by Crippen LogP contribution is -2.21. The molecule has 3 aromatic rings. The molecule has 7 heteroatoms. The molecule has 0 amide bonds. The molecule has 3 rings (SSSR count). The van der Waals surface area contributed by atoms with Crippen molar-refractivity contribution in [3.05, 3.63) is 66.7 Å². The Morgan fingerprint density at radius 3 is 2.46 bits per heavy atom. The second-order valence-corrected chi connectivity index (χ2v) is 8.34. The van der Waals surface area contributed by atoms with Crippen LogP contribution in [0.15, 0.2) is 35.1 Å². The Bertz CT molecular complexity index is 1140. The highest BCUT2D eigenvalue weighted by molar-refractivity contribution is 6.36. The first-order valence-corrected chi connectivity index (χ1v) is 9.92. The van der Waals surface area contributed by atoms with Crippen molar-refractivity contribution in [2.75, 3.05) is 5.32 Å². The zero-order valence-electron chi connectivity index (χ0n) is 15.6. The molecule has 0 bridgehead atoms. The van der Waals surface area contributed by atoms with Crippen molar-refractivity contribution in [3.8, 4) is 0 Å². The molecule has 2 N–H and O–H groups in total. The number of anilines is 2. The van der Waals surface area contributed by atoms with Crippen molar-refractivity contribution < 1.29 is 4.79 Å². The summed E-state index contributed by atoms with van der Waals surface area (Å²) in [4.78, 5) is 29.3. The summed E-state index contributed by atoms with van der Waals surface area (Å²) in [5.74, 6) is 0.125. The van der Waals surface area contributed by atoms with E-state index in [0.29, 0.717) is 31.7 Å². The van der Waals surface area contributed by atoms with Gasteiger partial charge in [0.25, 0.3) is 0 Å². The smallest absolute Gasteiger partial charge is 0.202 e. The number of Topliss-reactive ketones (excluding diaryl/α,β-unsaturated/α-hetero) is 1. The Kier molecular flexibility index (Phi) is 6.04. The Balaban J connectivity index is 2.28. The molecular weight excluding hydrogens is 419 g/mol. The average molecular weight is 438 g/mol. The number of pyridine rings is 1. The normalized spacial score (nSPS) is 11.2. The van der Waals surface area contributed by atoms with Crippen LogP contribution < -0.4 is 10.7 Å². The van der Waals surface area contributed by atoms with Gasteiger partial charge >= 0.3 is 0 Å². The van der Waals surface area contributed by atoms with Crippen LogP contribution in [0.2, 0.25) is 15.1 Å². The lowest BCUT2D eigenvalue weighted by atomic mass is 9.98. The number of ketones is 1. The summed E-state index contributed by atoms with van der Waals surface area (Å²) in [6.07, 6.45) is 0.247. The summed E-state index contributed by atoms with van der Waals surface area (Å²) in [5.41, 5.74) is 1.45. The topological polar surface area (TPSA) is 62.0 Å². The summed E-state index contributed by atoms with van der Waals surface area (Å²) in [5, 5.41) is 4.73. The lowest BCUT2D eigenvalue weighted by molar-refractivity contribution is 0.0967. The first-order valence-electron chi connectivity index (χ1n) is 8.79. The van der Waals surface area contributed by atoms with Crippen LogP contribution in [-0.4, -0.2) is 10.8 Å². The summed E-state index contributed by atoms with van der Waals surface area (Å²) in [6.45, 7) is 5.67. The molecule has 0 aliphatic heterocycles. The monoisotopic (exact) mass is 436 g/mol. The van der Waals surface area contributed by atoms with Crippen molar-refractivity contribution >= 4 is 63.0 Å². The van der Waals surface area contributed by atoms with Gasteiger partial charge in [-0.15, -0.1) is 0 Å². The number of carbonyl (C=O) groups is 1. The minimum absolute atomic E-state index is 0.0672. The quantitative estimate of drug-likeness (QED) is 0.433. The molecule has 0 spiro atoms. The van der Waals surface area contributed by atoms with Crippen LogP contribution in [0.1, 0.15) is 36.2 Å². The van der Waals surface area contributed by atoms with Crippen molar-refractivity contribution in [2.45, 2.75) is 27.2 Å². The van der Waals surface area contributed by atoms with E-state index < -0.39 is 0 Å². The molecule has 0 saturated heterocycles. The Morgan fingerprint density at radius 2 is 1.82 bits per heavy atom. The molecule has 0 atom stereocenters. The molecule has 0 saturated carbocycles. The number of hydrogen-bond acceptors (Lipinski definition) is 3. The van der Waals surface area contributed by atoms with Gasteiger partial charge in [0.1, 0.15) is 11.4 Å². The van der Waals surface area contributed by atoms with Gasteiger partial charge in [-0.1, -0.05) is 54.7 Å². The van der Waals surface area contributed by atoms with Gasteiger partial charge in [-0.05, 0) is 42.7 Å². The molecule has 0 aliphatic carbocycles. The number of aryl methyl sites for hydroxylation is 1. The number of aromatic amines is 1. The molecule has 146 valence electrons. The standard InChI is InChI=1S/C21H19Cl3N2O2/c1-10(2)8-16(27)18-20(28)17-11(3)4-6-13(23)19(17)26-21(18)25-15-7-5-12(22)9-14(15)24/h4-7,9-10H,8H2,1-3H3,(H2,25,26,28). The van der Waals surface area contributed by atoms with Gasteiger partial charge in [-0.3, -0.25) is 9.59 Å². The number of fused-ring (bicyclic) bond motifs is 1. The van der Waals surface area contributed by atoms with E-state index in [9.17, 15) is 9.59 Å². The number of aromatic nitrogens is 1. The van der Waals surface area contributed by atoms with Crippen molar-refractivity contribution in [2.24, 2.45) is 5.92 Å². The molecule has 0 radical (unpaired) electrons. The molecule has 0 unspecified atom stereocenters. The fraction of sp³-hybridized carbons (Fsp3) is 0.238. The van der Waals surface area contributed by atoms with Crippen LogP contribution in [-0.2, 0) is 0 Å². The first kappa shape index (κ1) is 20.7. The molecule has 0 fully saturated rings. The third kappa shape index (κ3) is 4.04. The van der Waals surface area contributed by atoms with Gasteiger partial charge in [-0.2, -0.15) is 0 Å². The number of hydrogen-bond donors (Lipinski definition) is 2. The molecule has 1 aromatic heterocycles. The van der Waals surface area contributed by atoms with E-state index in [1.165, 1.54) is 0 Å². The maximum Gasteiger partial charge on any atom is 0.202 e. The maximum absolute atomic E-state index is 13.3. The van der Waals surface area contributed by atoms with E-state index in [1.54, 1.807) is 30.3 Å². The summed E-state index contributed by atoms with van der Waals surface area (Å²) in [7, 11) is 0. The number of rotatable bonds is 5. The van der Waals surface area contributed by atoms with Crippen molar-refractivity contribution in [3.63, 3.8) is 0 Å². The zero-order valence-corrected chi connectivity index (χ0v) is 17.9. The summed E-state index contributed by atoms with van der Waals surface area (Å²) < 4.78 is 0. The summed E-state index contributed by atoms with van der Waals surface area (Å²) >= 11 is 18.5. The molecule has 28 heavy (non-hydrogen) atoms. The van der Waals surface area contributed by atoms with Crippen LogP contribution >= 0.6 is 34.8 Å². The van der Waals surface area contributed by atoms with E-state index in [1.807, 2.05) is 20.8 Å². The maximum atomic E-state index is 13.3. The predicted octanol–water partition coefficient (Wildman–Crippen LogP) is 6.77. The van der Waals surface area contributed by atoms with Gasteiger partial charge in [0.15, 0.2) is 5.78 Å². The number of nitrogens with one attached hydrogen (secondary N) is 2. The Labute approximate surface area is 177 Å². The van der Waals surface area contributed by atoms with Crippen LogP contribution in [0.3, 0.4) is 0 Å². The summed E-state index contributed by atoms with van der Waals surface area (Å²) in [6, 6.07) is 8.41. The van der Waals surface area contributed by atoms with E-state index >= 15 is 0 Å². The van der Waals surface area contributed by atoms with Crippen LogP contribution in [0.4, 0.5) is 11.5 Å².